The van der Waals surface area contributed by atoms with Gasteiger partial charge < -0.3 is 0 Å². The summed E-state index contributed by atoms with van der Waals surface area (Å²) in [5.74, 6) is 5.97. The topological polar surface area (TPSA) is 0 Å². The minimum atomic E-state index is -1.47. The van der Waals surface area contributed by atoms with Gasteiger partial charge in [0.05, 0.1) is 0 Å². The van der Waals surface area contributed by atoms with Crippen molar-refractivity contribution in [1.82, 2.24) is 0 Å². The zero-order chi connectivity index (χ0) is 14.2. The molecule has 0 N–H and O–H groups in total. The Kier molecular flexibility index (Phi) is 5.00. The summed E-state index contributed by atoms with van der Waals surface area (Å²) in [6.45, 7) is 9.54. The van der Waals surface area contributed by atoms with Gasteiger partial charge in [-0.3, -0.25) is 0 Å². The van der Waals surface area contributed by atoms with Crippen molar-refractivity contribution >= 4 is 10.6 Å². The first-order valence-corrected chi connectivity index (χ1v) is 23.6. The Morgan fingerprint density at radius 1 is 1.32 bits per heavy atom. The van der Waals surface area contributed by atoms with Crippen LogP contribution in [0.2, 0.25) is 18.3 Å². The van der Waals surface area contributed by atoms with E-state index >= 15 is 0 Å². The van der Waals surface area contributed by atoms with E-state index in [9.17, 15) is 0 Å². The van der Waals surface area contributed by atoms with Crippen molar-refractivity contribution in [2.24, 2.45) is 5.92 Å². The molecule has 0 aliphatic heterocycles. The van der Waals surface area contributed by atoms with E-state index in [4.69, 9.17) is 0 Å². The molecular weight excluding hydrogens is 368 g/mol. The number of rotatable bonds is 4. The zero-order valence-corrected chi connectivity index (χ0v) is 18.1. The molecule has 2 rings (SSSR count). The number of allylic oxidation sites excluding steroid dienone is 8. The molecule has 0 saturated carbocycles. The van der Waals surface area contributed by atoms with Crippen LogP contribution >= 0.6 is 0 Å². The Morgan fingerprint density at radius 3 is 2.42 bits per heavy atom. The van der Waals surface area contributed by atoms with Crippen LogP contribution in [-0.2, 0) is 19.2 Å². The van der Waals surface area contributed by atoms with Gasteiger partial charge in [-0.15, -0.1) is 0 Å². The summed E-state index contributed by atoms with van der Waals surface area (Å²) in [5, 5.41) is 0. The summed E-state index contributed by atoms with van der Waals surface area (Å²) in [6.07, 6.45) is 14.8. The van der Waals surface area contributed by atoms with Crippen LogP contribution in [-0.4, -0.2) is 10.6 Å². The molecule has 0 amide bonds. The first-order chi connectivity index (χ1) is 8.86. The molecule has 2 heteroatoms. The summed E-state index contributed by atoms with van der Waals surface area (Å²) in [5.41, 5.74) is 3.22. The van der Waals surface area contributed by atoms with E-state index in [1.807, 2.05) is 0 Å². The van der Waals surface area contributed by atoms with E-state index in [0.717, 1.165) is 3.63 Å². The predicted octanol–water partition coefficient (Wildman–Crippen LogP) is 5.22. The quantitative estimate of drug-likeness (QED) is 0.573. The average molecular weight is 395 g/mol. The summed E-state index contributed by atoms with van der Waals surface area (Å²) < 4.78 is 1.35. The molecule has 2 atom stereocenters. The third-order valence-corrected chi connectivity index (χ3v) is 42.4. The molecule has 103 valence electrons. The molecule has 2 aliphatic rings. The fraction of sp³-hybridized carbons (Fsp3) is 0.529. The molecule has 2 unspecified atom stereocenters. The van der Waals surface area contributed by atoms with Crippen LogP contribution in [0, 0.1) is 5.92 Å². The van der Waals surface area contributed by atoms with Crippen LogP contribution in [0.25, 0.3) is 0 Å². The van der Waals surface area contributed by atoms with E-state index in [-0.39, 0.29) is 0 Å². The van der Waals surface area contributed by atoms with Crippen molar-refractivity contribution in [2.45, 2.75) is 46.0 Å². The number of hydrogen-bond acceptors (Lipinski definition) is 0. The SMILES string of the molecule is CC1=CC=C[C]1(C)[Zr]([CH]1C=CC(C(C)C)=C1)[GeH]([CH3])[CH3]. The van der Waals surface area contributed by atoms with Gasteiger partial charge in [-0.2, -0.15) is 0 Å². The normalized spacial score (nSPS) is 29.4. The Morgan fingerprint density at radius 2 is 2.00 bits per heavy atom. The van der Waals surface area contributed by atoms with Gasteiger partial charge >= 0.3 is 129 Å². The molecule has 0 spiro atoms. The van der Waals surface area contributed by atoms with Crippen molar-refractivity contribution in [3.05, 3.63) is 47.6 Å². The fourth-order valence-electron chi connectivity index (χ4n) is 3.46. The van der Waals surface area contributed by atoms with E-state index in [0.29, 0.717) is 9.04 Å². The maximum atomic E-state index is 2.64. The molecule has 0 bridgehead atoms. The van der Waals surface area contributed by atoms with Gasteiger partial charge in [0.1, 0.15) is 0 Å². The monoisotopic (exact) mass is 395 g/mol. The Hall–Kier alpha value is 0.386. The molecule has 0 fully saturated rings. The molecule has 0 aromatic carbocycles. The summed E-state index contributed by atoms with van der Waals surface area (Å²) >= 11 is -1.47. The molecular formula is C17H27GeZr. The van der Waals surface area contributed by atoms with Crippen LogP contribution in [0.5, 0.6) is 0 Å². The maximum absolute atomic E-state index is 2.64. The van der Waals surface area contributed by atoms with Gasteiger partial charge in [0.25, 0.3) is 0 Å². The van der Waals surface area contributed by atoms with E-state index < -0.39 is 29.8 Å². The van der Waals surface area contributed by atoms with Crippen molar-refractivity contribution in [3.8, 4) is 0 Å². The predicted molar refractivity (Wildman–Crippen MR) is 86.0 cm³/mol. The molecule has 2 aliphatic carbocycles. The van der Waals surface area contributed by atoms with E-state index in [1.54, 1.807) is 11.1 Å². The molecule has 0 heterocycles. The Balaban J connectivity index is 2.32. The van der Waals surface area contributed by atoms with Crippen molar-refractivity contribution in [2.75, 3.05) is 0 Å². The second kappa shape index (κ2) is 6.02. The van der Waals surface area contributed by atoms with Crippen LogP contribution < -0.4 is 0 Å². The van der Waals surface area contributed by atoms with Gasteiger partial charge in [-0.05, 0) is 0 Å². The standard InChI is InChI=1S/C8H11.C7H9.C2H7Ge.Zr/c1-7(2)8-5-3-4-6-8;1-6-4-3-5-7(6)2;1-3-2;/h3-7H,1-2H3;3-5H,1-2H3;3H,1-2H3;. The van der Waals surface area contributed by atoms with Crippen LogP contribution in [0.15, 0.2) is 47.6 Å². The van der Waals surface area contributed by atoms with E-state index in [2.05, 4.69) is 75.7 Å². The Labute approximate surface area is 128 Å². The molecule has 19 heavy (non-hydrogen) atoms. The zero-order valence-electron chi connectivity index (χ0n) is 13.2. The first kappa shape index (κ1) is 15.8. The average Bonchev–Trinajstić information content (AvgIpc) is 2.88. The Bertz CT molecular complexity index is 468. The van der Waals surface area contributed by atoms with Gasteiger partial charge in [0, 0.05) is 0 Å². The van der Waals surface area contributed by atoms with Gasteiger partial charge in [-0.1, -0.05) is 0 Å². The summed E-state index contributed by atoms with van der Waals surface area (Å²) in [6, 6.07) is 0. The second-order valence-electron chi connectivity index (χ2n) is 6.73. The molecule has 0 nitrogen and oxygen atoms in total. The molecule has 0 aromatic heterocycles. The summed E-state index contributed by atoms with van der Waals surface area (Å²) in [4.78, 5) is 0. The van der Waals surface area contributed by atoms with Crippen LogP contribution in [0.3, 0.4) is 0 Å². The van der Waals surface area contributed by atoms with Gasteiger partial charge in [0.15, 0.2) is 0 Å². The minimum absolute atomic E-state index is 0.494. The van der Waals surface area contributed by atoms with Gasteiger partial charge in [0.2, 0.25) is 0 Å². The van der Waals surface area contributed by atoms with Crippen LogP contribution in [0.1, 0.15) is 27.7 Å². The molecule has 0 saturated heterocycles. The molecule has 0 radical (unpaired) electrons. The fourth-order valence-corrected chi connectivity index (χ4v) is 44.7. The summed E-state index contributed by atoms with van der Waals surface area (Å²) in [7, 11) is -1.04. The molecule has 0 aromatic rings. The first-order valence-electron chi connectivity index (χ1n) is 7.50. The van der Waals surface area contributed by atoms with Crippen LogP contribution in [0.4, 0.5) is 0 Å². The third kappa shape index (κ3) is 3.03. The third-order valence-electron chi connectivity index (χ3n) is 4.71. The van der Waals surface area contributed by atoms with Crippen molar-refractivity contribution < 1.29 is 19.2 Å². The van der Waals surface area contributed by atoms with Crippen molar-refractivity contribution in [3.63, 3.8) is 0 Å². The van der Waals surface area contributed by atoms with E-state index in [1.165, 1.54) is 0 Å². The van der Waals surface area contributed by atoms with Gasteiger partial charge in [-0.25, -0.2) is 0 Å². The second-order valence-corrected chi connectivity index (χ2v) is 40.5. The van der Waals surface area contributed by atoms with Crippen molar-refractivity contribution in [1.29, 1.82) is 0 Å². The number of hydrogen-bond donors (Lipinski definition) is 0.